The molecule has 0 aliphatic carbocycles. The average Bonchev–Trinajstić information content (AvgIpc) is 3.50. The van der Waals surface area contributed by atoms with Gasteiger partial charge in [-0.3, -0.25) is 14.0 Å². The van der Waals surface area contributed by atoms with Crippen LogP contribution >= 0.6 is 0 Å². The van der Waals surface area contributed by atoms with E-state index in [0.717, 1.165) is 34.4 Å². The molecule has 4 aromatic rings. The minimum Gasteiger partial charge on any atom is -0.361 e. The molecule has 31 heavy (non-hydrogen) atoms. The third-order valence-electron chi connectivity index (χ3n) is 5.91. The fraction of sp³-hybridized carbons (Fsp3) is 0.304. The van der Waals surface area contributed by atoms with E-state index < -0.39 is 6.04 Å². The fourth-order valence-electron chi connectivity index (χ4n) is 4.29. The summed E-state index contributed by atoms with van der Waals surface area (Å²) >= 11 is 0. The van der Waals surface area contributed by atoms with Gasteiger partial charge in [0.1, 0.15) is 11.9 Å². The lowest BCUT2D eigenvalue weighted by Crippen LogP contribution is -2.44. The lowest BCUT2D eigenvalue weighted by atomic mass is 10.1. The maximum atomic E-state index is 12.8. The van der Waals surface area contributed by atoms with Crippen LogP contribution in [0.3, 0.4) is 0 Å². The number of H-pyrrole nitrogens is 1. The Hall–Kier alpha value is -3.68. The Bertz CT molecular complexity index is 1240. The largest absolute Gasteiger partial charge is 0.361 e. The lowest BCUT2D eigenvalue weighted by Gasteiger charge is -2.24. The van der Waals surface area contributed by atoms with Crippen molar-refractivity contribution in [3.63, 3.8) is 0 Å². The van der Waals surface area contributed by atoms with E-state index in [2.05, 4.69) is 20.5 Å². The molecule has 2 N–H and O–H groups in total. The minimum atomic E-state index is -0.421. The fourth-order valence-corrected chi connectivity index (χ4v) is 4.29. The average molecular weight is 416 g/mol. The molecule has 1 fully saturated rings. The lowest BCUT2D eigenvalue weighted by molar-refractivity contribution is -0.135. The van der Waals surface area contributed by atoms with Gasteiger partial charge in [0.2, 0.25) is 11.8 Å². The van der Waals surface area contributed by atoms with E-state index in [1.165, 1.54) is 0 Å². The smallest absolute Gasteiger partial charge is 0.242 e. The van der Waals surface area contributed by atoms with Gasteiger partial charge in [-0.2, -0.15) is 0 Å². The summed E-state index contributed by atoms with van der Waals surface area (Å²) in [5.41, 5.74) is 2.88. The number of carbonyl (C=O) groups excluding carboxylic acids is 2. The number of aryl methyl sites for hydroxylation is 1. The summed E-state index contributed by atoms with van der Waals surface area (Å²) in [5.74, 6) is 0.819. The molecule has 0 bridgehead atoms. The molecule has 1 saturated heterocycles. The van der Waals surface area contributed by atoms with Gasteiger partial charge in [0.25, 0.3) is 0 Å². The van der Waals surface area contributed by atoms with Crippen LogP contribution in [0.25, 0.3) is 16.6 Å². The van der Waals surface area contributed by atoms with Gasteiger partial charge in [-0.15, -0.1) is 10.2 Å². The standard InChI is InChI=1S/C23H24N6O2/c30-22-11-10-19(29(22)15-16-14-25-18-7-2-1-6-17(16)18)23(31)24-12-5-9-21-27-26-20-8-3-4-13-28(20)21/h1-4,6-8,13-14,19,25H,5,9-12,15H2,(H,24,31). The van der Waals surface area contributed by atoms with E-state index in [1.807, 2.05) is 59.3 Å². The molecule has 2 amide bonds. The zero-order valence-electron chi connectivity index (χ0n) is 17.1. The summed E-state index contributed by atoms with van der Waals surface area (Å²) in [4.78, 5) is 30.2. The molecule has 1 unspecified atom stereocenters. The van der Waals surface area contributed by atoms with Crippen molar-refractivity contribution >= 4 is 28.4 Å². The van der Waals surface area contributed by atoms with Crippen molar-refractivity contribution in [2.45, 2.75) is 38.3 Å². The number of pyridine rings is 1. The van der Waals surface area contributed by atoms with Gasteiger partial charge >= 0.3 is 0 Å². The minimum absolute atomic E-state index is 0.0281. The number of aromatic amines is 1. The van der Waals surface area contributed by atoms with Crippen LogP contribution in [-0.2, 0) is 22.6 Å². The number of carbonyl (C=O) groups is 2. The molecule has 0 spiro atoms. The SMILES string of the molecule is O=C(NCCCc1nnc2ccccn12)C1CCC(=O)N1Cc1c[nH]c2ccccc12. The molecule has 1 atom stereocenters. The van der Waals surface area contributed by atoms with Crippen molar-refractivity contribution in [3.05, 3.63) is 66.2 Å². The van der Waals surface area contributed by atoms with Gasteiger partial charge in [-0.05, 0) is 36.6 Å². The van der Waals surface area contributed by atoms with Crippen molar-refractivity contribution in [1.82, 2.24) is 29.8 Å². The summed E-state index contributed by atoms with van der Waals surface area (Å²) in [6, 6.07) is 13.4. The second kappa shape index (κ2) is 8.22. The van der Waals surface area contributed by atoms with Crippen LogP contribution in [0.4, 0.5) is 0 Å². The van der Waals surface area contributed by atoms with Gasteiger partial charge in [0, 0.05) is 49.2 Å². The number of aromatic nitrogens is 4. The Morgan fingerprint density at radius 3 is 2.97 bits per heavy atom. The van der Waals surface area contributed by atoms with Gasteiger partial charge in [-0.1, -0.05) is 24.3 Å². The van der Waals surface area contributed by atoms with Gasteiger partial charge in [0.05, 0.1) is 0 Å². The summed E-state index contributed by atoms with van der Waals surface area (Å²) in [7, 11) is 0. The summed E-state index contributed by atoms with van der Waals surface area (Å²) in [6.45, 7) is 0.971. The number of hydrogen-bond donors (Lipinski definition) is 2. The molecule has 0 saturated carbocycles. The highest BCUT2D eigenvalue weighted by atomic mass is 16.2. The van der Waals surface area contributed by atoms with Crippen molar-refractivity contribution < 1.29 is 9.59 Å². The van der Waals surface area contributed by atoms with Crippen LogP contribution in [0.5, 0.6) is 0 Å². The van der Waals surface area contributed by atoms with Crippen molar-refractivity contribution in [3.8, 4) is 0 Å². The molecule has 3 aromatic heterocycles. The number of fused-ring (bicyclic) bond motifs is 2. The molecule has 5 rings (SSSR count). The van der Waals surface area contributed by atoms with E-state index in [0.29, 0.717) is 32.4 Å². The number of rotatable bonds is 7. The van der Waals surface area contributed by atoms with Crippen LogP contribution in [0.15, 0.2) is 54.9 Å². The Morgan fingerprint density at radius 2 is 2.03 bits per heavy atom. The highest BCUT2D eigenvalue weighted by Gasteiger charge is 2.36. The van der Waals surface area contributed by atoms with Crippen LogP contribution in [0.2, 0.25) is 0 Å². The molecule has 4 heterocycles. The molecule has 8 heteroatoms. The Balaban J connectivity index is 1.19. The maximum Gasteiger partial charge on any atom is 0.242 e. The van der Waals surface area contributed by atoms with Crippen molar-refractivity contribution in [2.75, 3.05) is 6.54 Å². The second-order valence-electron chi connectivity index (χ2n) is 7.88. The molecule has 1 aromatic carbocycles. The first-order chi connectivity index (χ1) is 15.2. The highest BCUT2D eigenvalue weighted by molar-refractivity contribution is 5.91. The van der Waals surface area contributed by atoms with E-state index in [9.17, 15) is 9.59 Å². The number of likely N-dealkylation sites (tertiary alicyclic amines) is 1. The Labute approximate surface area is 179 Å². The third kappa shape index (κ3) is 3.76. The maximum absolute atomic E-state index is 12.8. The van der Waals surface area contributed by atoms with Gasteiger partial charge in [-0.25, -0.2) is 0 Å². The zero-order chi connectivity index (χ0) is 21.2. The van der Waals surface area contributed by atoms with E-state index in [4.69, 9.17) is 0 Å². The van der Waals surface area contributed by atoms with E-state index in [1.54, 1.807) is 4.90 Å². The zero-order valence-corrected chi connectivity index (χ0v) is 17.1. The first kappa shape index (κ1) is 19.3. The van der Waals surface area contributed by atoms with Crippen LogP contribution in [-0.4, -0.2) is 48.9 Å². The highest BCUT2D eigenvalue weighted by Crippen LogP contribution is 2.25. The van der Waals surface area contributed by atoms with E-state index in [-0.39, 0.29) is 11.8 Å². The number of benzene rings is 1. The summed E-state index contributed by atoms with van der Waals surface area (Å²) in [6.07, 6.45) is 6.30. The quantitative estimate of drug-likeness (QED) is 0.453. The first-order valence-corrected chi connectivity index (χ1v) is 10.6. The Kier molecular flexibility index (Phi) is 5.11. The predicted octanol–water partition coefficient (Wildman–Crippen LogP) is 2.45. The topological polar surface area (TPSA) is 95.4 Å². The molecule has 0 radical (unpaired) electrons. The van der Waals surface area contributed by atoms with Gasteiger partial charge in [0.15, 0.2) is 5.65 Å². The first-order valence-electron chi connectivity index (χ1n) is 10.6. The number of nitrogens with zero attached hydrogens (tertiary/aromatic N) is 4. The predicted molar refractivity (Wildman–Crippen MR) is 116 cm³/mol. The molecule has 1 aliphatic heterocycles. The molecular weight excluding hydrogens is 392 g/mol. The second-order valence-corrected chi connectivity index (χ2v) is 7.88. The third-order valence-corrected chi connectivity index (χ3v) is 5.91. The number of amides is 2. The Morgan fingerprint density at radius 1 is 1.16 bits per heavy atom. The van der Waals surface area contributed by atoms with Gasteiger partial charge < -0.3 is 15.2 Å². The summed E-state index contributed by atoms with van der Waals surface area (Å²) in [5, 5.41) is 12.5. The monoisotopic (exact) mass is 416 g/mol. The van der Waals surface area contributed by atoms with Crippen molar-refractivity contribution in [1.29, 1.82) is 0 Å². The molecule has 8 nitrogen and oxygen atoms in total. The number of hydrogen-bond acceptors (Lipinski definition) is 4. The van der Waals surface area contributed by atoms with Crippen molar-refractivity contribution in [2.24, 2.45) is 0 Å². The number of nitrogens with one attached hydrogen (secondary N) is 2. The van der Waals surface area contributed by atoms with Crippen LogP contribution in [0, 0.1) is 0 Å². The molecule has 1 aliphatic rings. The number of para-hydroxylation sites is 1. The summed E-state index contributed by atoms with van der Waals surface area (Å²) < 4.78 is 1.96. The van der Waals surface area contributed by atoms with E-state index >= 15 is 0 Å². The molecular formula is C23H24N6O2. The van der Waals surface area contributed by atoms with Crippen LogP contribution in [0.1, 0.15) is 30.7 Å². The van der Waals surface area contributed by atoms with Crippen LogP contribution < -0.4 is 5.32 Å². The normalized spacial score (nSPS) is 16.5. The molecule has 158 valence electrons.